The fourth-order valence-corrected chi connectivity index (χ4v) is 5.35. The Hall–Kier alpha value is -2.38. The first-order valence-electron chi connectivity index (χ1n) is 12.4. The van der Waals surface area contributed by atoms with Crippen LogP contribution in [-0.2, 0) is 4.79 Å². The molecule has 4 rings (SSSR count). The molecule has 0 saturated carbocycles. The zero-order valence-corrected chi connectivity index (χ0v) is 22.1. The van der Waals surface area contributed by atoms with E-state index in [4.69, 9.17) is 0 Å². The third-order valence-electron chi connectivity index (χ3n) is 6.67. The summed E-state index contributed by atoms with van der Waals surface area (Å²) < 4.78 is 0.918. The summed E-state index contributed by atoms with van der Waals surface area (Å²) in [6, 6.07) is 5.77. The molecule has 1 fully saturated rings. The van der Waals surface area contributed by atoms with Crippen molar-refractivity contribution < 1.29 is 9.59 Å². The largest absolute Gasteiger partial charge is 0.358 e. The van der Waals surface area contributed by atoms with E-state index in [2.05, 4.69) is 64.1 Å². The number of halogens is 1. The average molecular weight is 528 g/mol. The van der Waals surface area contributed by atoms with Gasteiger partial charge < -0.3 is 20.5 Å². The van der Waals surface area contributed by atoms with E-state index < -0.39 is 0 Å². The van der Waals surface area contributed by atoms with Crippen molar-refractivity contribution in [2.24, 2.45) is 0 Å². The molecule has 1 saturated heterocycles. The van der Waals surface area contributed by atoms with Crippen LogP contribution in [0.25, 0.3) is 11.6 Å². The van der Waals surface area contributed by atoms with Crippen molar-refractivity contribution in [3.05, 3.63) is 50.8 Å². The number of H-pyrrole nitrogens is 1. The Kier molecular flexibility index (Phi) is 7.63. The van der Waals surface area contributed by atoms with Crippen molar-refractivity contribution in [2.45, 2.75) is 58.8 Å². The number of rotatable bonds is 8. The molecule has 0 atom stereocenters. The van der Waals surface area contributed by atoms with Gasteiger partial charge in [-0.05, 0) is 80.6 Å². The number of nitrogens with one attached hydrogen (secondary N) is 3. The summed E-state index contributed by atoms with van der Waals surface area (Å²) in [6.45, 7) is 12.4. The van der Waals surface area contributed by atoms with E-state index in [1.165, 1.54) is 25.9 Å². The van der Waals surface area contributed by atoms with Crippen molar-refractivity contribution in [2.75, 3.05) is 31.5 Å². The van der Waals surface area contributed by atoms with Crippen molar-refractivity contribution in [3.8, 4) is 0 Å². The number of carbonyl (C=O) groups is 2. The monoisotopic (exact) mass is 526 g/mol. The summed E-state index contributed by atoms with van der Waals surface area (Å²) in [7, 11) is 0. The predicted molar refractivity (Wildman–Crippen MR) is 142 cm³/mol. The van der Waals surface area contributed by atoms with Crippen LogP contribution < -0.4 is 10.6 Å². The zero-order chi connectivity index (χ0) is 24.4. The minimum atomic E-state index is -0.128. The van der Waals surface area contributed by atoms with Gasteiger partial charge in [-0.1, -0.05) is 43.6 Å². The SMILES string of the molecule is CC(C)c1[nH]c(/C=C2\C(=O)Nc3ccc(Br)cc32)c(C(C)C)c1C(=O)NCCCN1CCCC1. The Balaban J connectivity index is 1.64. The second-order valence-electron chi connectivity index (χ2n) is 9.91. The molecule has 1 aromatic heterocycles. The highest BCUT2D eigenvalue weighted by molar-refractivity contribution is 9.10. The van der Waals surface area contributed by atoms with Crippen LogP contribution in [0.15, 0.2) is 22.7 Å². The Bertz CT molecular complexity index is 1110. The van der Waals surface area contributed by atoms with Gasteiger partial charge in [0, 0.05) is 33.7 Å². The van der Waals surface area contributed by atoms with Crippen LogP contribution in [0.5, 0.6) is 0 Å². The topological polar surface area (TPSA) is 77.2 Å². The van der Waals surface area contributed by atoms with Crippen molar-refractivity contribution in [3.63, 3.8) is 0 Å². The number of benzene rings is 1. The maximum atomic E-state index is 13.4. The molecule has 2 aliphatic heterocycles. The fraction of sp³-hybridized carbons (Fsp3) is 0.481. The van der Waals surface area contributed by atoms with Crippen LogP contribution in [0.4, 0.5) is 5.69 Å². The number of likely N-dealkylation sites (tertiary alicyclic amines) is 1. The quantitative estimate of drug-likeness (QED) is 0.303. The summed E-state index contributed by atoms with van der Waals surface area (Å²) in [6.07, 6.45) is 5.41. The lowest BCUT2D eigenvalue weighted by atomic mass is 9.93. The van der Waals surface area contributed by atoms with E-state index in [1.54, 1.807) is 0 Å². The summed E-state index contributed by atoms with van der Waals surface area (Å²) in [5, 5.41) is 6.10. The summed E-state index contributed by atoms with van der Waals surface area (Å²) in [4.78, 5) is 32.1. The van der Waals surface area contributed by atoms with Crippen molar-refractivity contribution in [1.29, 1.82) is 0 Å². The van der Waals surface area contributed by atoms with Crippen LogP contribution in [0.2, 0.25) is 0 Å². The predicted octanol–water partition coefficient (Wildman–Crippen LogP) is 5.73. The Morgan fingerprint density at radius 3 is 2.59 bits per heavy atom. The number of fused-ring (bicyclic) bond motifs is 1. The minimum absolute atomic E-state index is 0.0336. The second-order valence-corrected chi connectivity index (χ2v) is 10.8. The second kappa shape index (κ2) is 10.5. The average Bonchev–Trinajstić information content (AvgIpc) is 3.50. The lowest BCUT2D eigenvalue weighted by Gasteiger charge is -2.15. The Morgan fingerprint density at radius 2 is 1.91 bits per heavy atom. The van der Waals surface area contributed by atoms with Crippen LogP contribution >= 0.6 is 15.9 Å². The molecule has 2 aliphatic rings. The minimum Gasteiger partial charge on any atom is -0.358 e. The molecule has 2 amide bonds. The molecule has 34 heavy (non-hydrogen) atoms. The maximum Gasteiger partial charge on any atom is 0.256 e. The van der Waals surface area contributed by atoms with Gasteiger partial charge in [-0.15, -0.1) is 0 Å². The number of amides is 2. The molecule has 3 N–H and O–H groups in total. The van der Waals surface area contributed by atoms with Gasteiger partial charge in [0.05, 0.1) is 11.1 Å². The highest BCUT2D eigenvalue weighted by atomic mass is 79.9. The van der Waals surface area contributed by atoms with Crippen LogP contribution in [0, 0.1) is 0 Å². The molecule has 2 aromatic rings. The van der Waals surface area contributed by atoms with Crippen LogP contribution in [0.3, 0.4) is 0 Å². The first-order chi connectivity index (χ1) is 16.3. The molecule has 6 nitrogen and oxygen atoms in total. The van der Waals surface area contributed by atoms with Gasteiger partial charge in [0.25, 0.3) is 11.8 Å². The number of anilines is 1. The molecule has 0 spiro atoms. The van der Waals surface area contributed by atoms with Gasteiger partial charge in [0.2, 0.25) is 0 Å². The normalized spacial score (nSPS) is 17.1. The standard InChI is InChI=1S/C27H35BrN4O2/c1-16(2)23-22(15-20-19-14-18(28)8-9-21(19)31-26(20)33)30-25(17(3)4)24(23)27(34)29-10-7-13-32-11-5-6-12-32/h8-9,14-17,30H,5-7,10-13H2,1-4H3,(H,29,34)(H,31,33)/b20-15-. The number of aromatic amines is 1. The molecule has 1 aromatic carbocycles. The molecule has 0 radical (unpaired) electrons. The number of aromatic nitrogens is 1. The van der Waals surface area contributed by atoms with E-state index in [9.17, 15) is 9.59 Å². The molecule has 7 heteroatoms. The molecule has 0 unspecified atom stereocenters. The summed E-state index contributed by atoms with van der Waals surface area (Å²) in [5.41, 5.74) is 5.71. The third kappa shape index (κ3) is 5.15. The van der Waals surface area contributed by atoms with E-state index >= 15 is 0 Å². The molecule has 182 valence electrons. The van der Waals surface area contributed by atoms with Crippen LogP contribution in [-0.4, -0.2) is 47.9 Å². The van der Waals surface area contributed by atoms with Gasteiger partial charge >= 0.3 is 0 Å². The third-order valence-corrected chi connectivity index (χ3v) is 7.16. The van der Waals surface area contributed by atoms with Crippen molar-refractivity contribution in [1.82, 2.24) is 15.2 Å². The fourth-order valence-electron chi connectivity index (χ4n) is 4.99. The zero-order valence-electron chi connectivity index (χ0n) is 20.6. The number of carbonyl (C=O) groups excluding carboxylic acids is 2. The van der Waals surface area contributed by atoms with Gasteiger partial charge in [-0.25, -0.2) is 0 Å². The lowest BCUT2D eigenvalue weighted by molar-refractivity contribution is -0.110. The summed E-state index contributed by atoms with van der Waals surface area (Å²) >= 11 is 3.51. The smallest absolute Gasteiger partial charge is 0.256 e. The molecular weight excluding hydrogens is 492 g/mol. The highest BCUT2D eigenvalue weighted by Gasteiger charge is 2.29. The molecule has 0 bridgehead atoms. The molecule has 3 heterocycles. The first kappa shape index (κ1) is 24.7. The Morgan fingerprint density at radius 1 is 1.18 bits per heavy atom. The molecular formula is C27H35BrN4O2. The molecule has 0 aliphatic carbocycles. The van der Waals surface area contributed by atoms with E-state index in [0.29, 0.717) is 12.1 Å². The highest BCUT2D eigenvalue weighted by Crippen LogP contribution is 2.38. The van der Waals surface area contributed by atoms with E-state index in [-0.39, 0.29) is 23.7 Å². The Labute approximate surface area is 210 Å². The van der Waals surface area contributed by atoms with Gasteiger partial charge in [-0.3, -0.25) is 9.59 Å². The number of nitrogens with zero attached hydrogens (tertiary/aromatic N) is 1. The lowest BCUT2D eigenvalue weighted by Crippen LogP contribution is -2.29. The van der Waals surface area contributed by atoms with Gasteiger partial charge in [-0.2, -0.15) is 0 Å². The van der Waals surface area contributed by atoms with E-state index in [0.717, 1.165) is 51.2 Å². The van der Waals surface area contributed by atoms with Gasteiger partial charge in [0.15, 0.2) is 0 Å². The van der Waals surface area contributed by atoms with Gasteiger partial charge in [0.1, 0.15) is 0 Å². The van der Waals surface area contributed by atoms with E-state index in [1.807, 2.05) is 24.3 Å². The maximum absolute atomic E-state index is 13.4. The summed E-state index contributed by atoms with van der Waals surface area (Å²) in [5.74, 6) is 0.103. The number of hydrogen-bond acceptors (Lipinski definition) is 3. The first-order valence-corrected chi connectivity index (χ1v) is 13.1. The number of hydrogen-bond donors (Lipinski definition) is 3. The van der Waals surface area contributed by atoms with Crippen LogP contribution in [0.1, 0.15) is 91.7 Å². The van der Waals surface area contributed by atoms with Crippen molar-refractivity contribution >= 4 is 45.1 Å².